The maximum absolute atomic E-state index is 11.5. The standard InChI is InChI=1S/C20H12ClNO2.C20H12ClN.CH4/c21-14-9-10-18(20(12-14)22(23)24)19-11-13-5-1-2-6-15(13)16-7-3-4-8-17(16)19;21-12-9-10-17-18(11-12)22-20-16-8-4-2-6-14(16)13-5-1-3-7-15(13)19(17)20;/h1-12H;1-11,22H;1H4. The van der Waals surface area contributed by atoms with Crippen molar-refractivity contribution in [3.8, 4) is 11.1 Å². The summed E-state index contributed by atoms with van der Waals surface area (Å²) in [6, 6.07) is 46.1. The van der Waals surface area contributed by atoms with Gasteiger partial charge in [-0.25, -0.2) is 0 Å². The van der Waals surface area contributed by atoms with Gasteiger partial charge in [0.15, 0.2) is 0 Å². The Morgan fingerprint density at radius 3 is 1.74 bits per heavy atom. The van der Waals surface area contributed by atoms with Crippen molar-refractivity contribution < 1.29 is 4.92 Å². The number of fused-ring (bicyclic) bond motifs is 11. The Morgan fingerprint density at radius 1 is 0.511 bits per heavy atom. The average Bonchev–Trinajstić information content (AvgIpc) is 3.47. The lowest BCUT2D eigenvalue weighted by Crippen LogP contribution is -1.93. The van der Waals surface area contributed by atoms with E-state index >= 15 is 0 Å². The van der Waals surface area contributed by atoms with Gasteiger partial charge in [0.05, 0.1) is 16.0 Å². The zero-order chi connectivity index (χ0) is 31.4. The molecule has 6 heteroatoms. The molecule has 0 aliphatic heterocycles. The van der Waals surface area contributed by atoms with Crippen LogP contribution in [0.3, 0.4) is 0 Å². The molecule has 1 aromatic heterocycles. The maximum Gasteiger partial charge on any atom is 0.278 e. The Bertz CT molecular complexity index is 2660. The van der Waals surface area contributed by atoms with Crippen LogP contribution < -0.4 is 0 Å². The summed E-state index contributed by atoms with van der Waals surface area (Å²) in [4.78, 5) is 14.7. The van der Waals surface area contributed by atoms with E-state index in [0.29, 0.717) is 10.6 Å². The van der Waals surface area contributed by atoms with Crippen LogP contribution in [0, 0.1) is 10.1 Å². The number of hydrogen-bond donors (Lipinski definition) is 1. The third-order valence-electron chi connectivity index (χ3n) is 8.66. The monoisotopic (exact) mass is 650 g/mol. The fourth-order valence-electron chi connectivity index (χ4n) is 6.68. The van der Waals surface area contributed by atoms with E-state index in [2.05, 4.69) is 65.6 Å². The highest BCUT2D eigenvalue weighted by atomic mass is 35.5. The Hall–Kier alpha value is -5.42. The molecule has 0 saturated carbocycles. The van der Waals surface area contributed by atoms with Crippen molar-refractivity contribution >= 4 is 93.8 Å². The van der Waals surface area contributed by atoms with Crippen LogP contribution in [0.1, 0.15) is 7.43 Å². The summed E-state index contributed by atoms with van der Waals surface area (Å²) in [7, 11) is 0. The molecule has 1 N–H and O–H groups in total. The first-order chi connectivity index (χ1) is 22.5. The van der Waals surface area contributed by atoms with Crippen LogP contribution in [0.4, 0.5) is 5.69 Å². The number of aromatic nitrogens is 1. The minimum atomic E-state index is -0.384. The van der Waals surface area contributed by atoms with Gasteiger partial charge in [0.25, 0.3) is 5.69 Å². The van der Waals surface area contributed by atoms with Crippen molar-refractivity contribution in [1.29, 1.82) is 0 Å². The first-order valence-corrected chi connectivity index (χ1v) is 15.6. The highest BCUT2D eigenvalue weighted by Crippen LogP contribution is 2.41. The second-order valence-electron chi connectivity index (χ2n) is 11.3. The summed E-state index contributed by atoms with van der Waals surface area (Å²) in [6.45, 7) is 0. The van der Waals surface area contributed by atoms with E-state index < -0.39 is 0 Å². The number of H-pyrrole nitrogens is 1. The number of nitro benzene ring substituents is 1. The predicted molar refractivity (Wildman–Crippen MR) is 201 cm³/mol. The lowest BCUT2D eigenvalue weighted by Gasteiger charge is -2.11. The number of halogens is 2. The van der Waals surface area contributed by atoms with Crippen LogP contribution in [0.25, 0.3) is 76.0 Å². The molecule has 0 fully saturated rings. The molecule has 0 amide bonds. The van der Waals surface area contributed by atoms with Crippen LogP contribution in [0.5, 0.6) is 0 Å². The Morgan fingerprint density at radius 2 is 1.04 bits per heavy atom. The van der Waals surface area contributed by atoms with Crippen LogP contribution in [0.15, 0.2) is 140 Å². The molecule has 0 aliphatic rings. The molecule has 228 valence electrons. The number of nitro groups is 1. The molecule has 47 heavy (non-hydrogen) atoms. The van der Waals surface area contributed by atoms with Gasteiger partial charge in [0, 0.05) is 37.8 Å². The van der Waals surface area contributed by atoms with Gasteiger partial charge in [-0.1, -0.05) is 134 Å². The Labute approximate surface area is 280 Å². The summed E-state index contributed by atoms with van der Waals surface area (Å²) in [6.07, 6.45) is 0. The van der Waals surface area contributed by atoms with Crippen LogP contribution in [-0.2, 0) is 0 Å². The van der Waals surface area contributed by atoms with E-state index in [9.17, 15) is 10.1 Å². The molecule has 9 aromatic rings. The fourth-order valence-corrected chi connectivity index (χ4v) is 7.02. The summed E-state index contributed by atoms with van der Waals surface area (Å²) >= 11 is 12.1. The van der Waals surface area contributed by atoms with Crippen LogP contribution in [-0.4, -0.2) is 9.91 Å². The van der Waals surface area contributed by atoms with Gasteiger partial charge in [-0.05, 0) is 73.6 Å². The molecule has 4 nitrogen and oxygen atoms in total. The minimum Gasteiger partial charge on any atom is -0.354 e. The molecule has 0 radical (unpaired) electrons. The quantitative estimate of drug-likeness (QED) is 0.115. The van der Waals surface area contributed by atoms with Crippen molar-refractivity contribution in [2.24, 2.45) is 0 Å². The van der Waals surface area contributed by atoms with Gasteiger partial charge in [0.1, 0.15) is 0 Å². The number of nitrogens with one attached hydrogen (secondary N) is 1. The van der Waals surface area contributed by atoms with Crippen LogP contribution in [0.2, 0.25) is 10.0 Å². The summed E-state index contributed by atoms with van der Waals surface area (Å²) in [5.41, 5.74) is 3.71. The van der Waals surface area contributed by atoms with Crippen molar-refractivity contribution in [1.82, 2.24) is 4.98 Å². The molecular formula is C41H28Cl2N2O2. The van der Waals surface area contributed by atoms with E-state index in [4.69, 9.17) is 23.2 Å². The number of aromatic amines is 1. The molecule has 0 bridgehead atoms. The number of rotatable bonds is 2. The van der Waals surface area contributed by atoms with Crippen molar-refractivity contribution in [3.05, 3.63) is 160 Å². The van der Waals surface area contributed by atoms with E-state index in [1.54, 1.807) is 12.1 Å². The molecule has 0 aliphatic carbocycles. The molecule has 0 unspecified atom stereocenters. The van der Waals surface area contributed by atoms with Crippen molar-refractivity contribution in [2.45, 2.75) is 7.43 Å². The van der Waals surface area contributed by atoms with Gasteiger partial charge in [-0.15, -0.1) is 0 Å². The van der Waals surface area contributed by atoms with E-state index in [0.717, 1.165) is 37.6 Å². The summed E-state index contributed by atoms with van der Waals surface area (Å²) in [5.74, 6) is 0. The molecule has 1 heterocycles. The number of nitrogens with zero attached hydrogens (tertiary/aromatic N) is 1. The lowest BCUT2D eigenvalue weighted by atomic mass is 9.92. The second kappa shape index (κ2) is 12.1. The highest BCUT2D eigenvalue weighted by Gasteiger charge is 2.19. The molecule has 0 atom stereocenters. The lowest BCUT2D eigenvalue weighted by molar-refractivity contribution is -0.384. The molecule has 9 rings (SSSR count). The zero-order valence-corrected chi connectivity index (χ0v) is 25.8. The second-order valence-corrected chi connectivity index (χ2v) is 12.1. The first-order valence-electron chi connectivity index (χ1n) is 14.8. The Balaban J connectivity index is 0.000000147. The average molecular weight is 652 g/mol. The van der Waals surface area contributed by atoms with E-state index in [1.807, 2.05) is 60.7 Å². The highest BCUT2D eigenvalue weighted by molar-refractivity contribution is 6.34. The maximum atomic E-state index is 11.5. The molecule has 0 saturated heterocycles. The zero-order valence-electron chi connectivity index (χ0n) is 24.3. The van der Waals surface area contributed by atoms with Gasteiger partial charge in [-0.3, -0.25) is 10.1 Å². The minimum absolute atomic E-state index is 0. The van der Waals surface area contributed by atoms with Crippen molar-refractivity contribution in [2.75, 3.05) is 0 Å². The summed E-state index contributed by atoms with van der Waals surface area (Å²) < 4.78 is 0. The third kappa shape index (κ3) is 5.12. The van der Waals surface area contributed by atoms with Crippen LogP contribution >= 0.6 is 23.2 Å². The molecule has 8 aromatic carbocycles. The smallest absolute Gasteiger partial charge is 0.278 e. The molecular weight excluding hydrogens is 623 g/mol. The fraction of sp³-hybridized carbons (Fsp3) is 0.0244. The summed E-state index contributed by atoms with van der Waals surface area (Å²) in [5, 5.41) is 24.5. The third-order valence-corrected chi connectivity index (χ3v) is 9.13. The van der Waals surface area contributed by atoms with E-state index in [-0.39, 0.29) is 18.0 Å². The van der Waals surface area contributed by atoms with Gasteiger partial charge in [-0.2, -0.15) is 0 Å². The Kier molecular flexibility index (Phi) is 7.77. The first kappa shape index (κ1) is 30.2. The predicted octanol–water partition coefficient (Wildman–Crippen LogP) is 13.1. The van der Waals surface area contributed by atoms with Crippen molar-refractivity contribution in [3.63, 3.8) is 0 Å². The number of hydrogen-bond acceptors (Lipinski definition) is 2. The van der Waals surface area contributed by atoms with Gasteiger partial charge < -0.3 is 4.98 Å². The SMILES string of the molecule is C.Clc1ccc2c(c1)[nH]c1c3ccccc3c3ccccc3c21.O=[N+]([O-])c1cc(Cl)ccc1-c1cc2ccccc2c2ccccc12. The topological polar surface area (TPSA) is 58.9 Å². The van der Waals surface area contributed by atoms with Gasteiger partial charge >= 0.3 is 0 Å². The molecule has 0 spiro atoms. The largest absolute Gasteiger partial charge is 0.354 e. The van der Waals surface area contributed by atoms with Gasteiger partial charge in [0.2, 0.25) is 0 Å². The number of benzene rings is 8. The van der Waals surface area contributed by atoms with E-state index in [1.165, 1.54) is 43.9 Å². The normalized spacial score (nSPS) is 11.2.